The van der Waals surface area contributed by atoms with E-state index in [9.17, 15) is 9.59 Å². The van der Waals surface area contributed by atoms with E-state index in [1.807, 2.05) is 0 Å². The zero-order valence-electron chi connectivity index (χ0n) is 10.6. The Morgan fingerprint density at radius 3 is 2.72 bits per heavy atom. The van der Waals surface area contributed by atoms with Gasteiger partial charge in [0.2, 0.25) is 0 Å². The van der Waals surface area contributed by atoms with Crippen molar-refractivity contribution in [1.29, 1.82) is 0 Å². The number of nitrogens with zero attached hydrogens (tertiary/aromatic N) is 2. The molecule has 0 aliphatic carbocycles. The van der Waals surface area contributed by atoms with Gasteiger partial charge >= 0.3 is 12.0 Å². The summed E-state index contributed by atoms with van der Waals surface area (Å²) < 4.78 is 4.93. The van der Waals surface area contributed by atoms with E-state index in [1.165, 1.54) is 7.05 Å². The highest BCUT2D eigenvalue weighted by molar-refractivity contribution is 5.82. The number of likely N-dealkylation sites (N-methyl/N-ethyl adjacent to an activating group) is 1. The standard InChI is InChI=1S/C11H17N3O4/c1-4-9(10(15)16)14(3)11(17)12-6-8-5-7(2)13-18-8/h5,9H,4,6H2,1-3H3,(H,12,17)(H,15,16). The highest BCUT2D eigenvalue weighted by Crippen LogP contribution is 2.04. The molecule has 1 aromatic rings. The summed E-state index contributed by atoms with van der Waals surface area (Å²) >= 11 is 0. The van der Waals surface area contributed by atoms with Crippen molar-refractivity contribution in [1.82, 2.24) is 15.4 Å². The number of carboxylic acids is 1. The van der Waals surface area contributed by atoms with E-state index in [2.05, 4.69) is 10.5 Å². The van der Waals surface area contributed by atoms with Crippen LogP contribution >= 0.6 is 0 Å². The lowest BCUT2D eigenvalue weighted by molar-refractivity contribution is -0.141. The van der Waals surface area contributed by atoms with Gasteiger partial charge in [-0.3, -0.25) is 0 Å². The van der Waals surface area contributed by atoms with E-state index in [1.54, 1.807) is 19.9 Å². The Balaban J connectivity index is 2.52. The van der Waals surface area contributed by atoms with Crippen LogP contribution in [0.1, 0.15) is 24.8 Å². The number of aliphatic carboxylic acids is 1. The number of urea groups is 1. The SMILES string of the molecule is CCC(C(=O)O)N(C)C(=O)NCc1cc(C)no1. The van der Waals surface area contributed by atoms with E-state index >= 15 is 0 Å². The molecule has 2 amide bonds. The minimum atomic E-state index is -1.02. The number of hydrogen-bond acceptors (Lipinski definition) is 4. The molecule has 0 fully saturated rings. The monoisotopic (exact) mass is 255 g/mol. The lowest BCUT2D eigenvalue weighted by Gasteiger charge is -2.23. The molecule has 0 saturated carbocycles. The van der Waals surface area contributed by atoms with Crippen molar-refractivity contribution >= 4 is 12.0 Å². The summed E-state index contributed by atoms with van der Waals surface area (Å²) in [4.78, 5) is 23.8. The van der Waals surface area contributed by atoms with Crippen molar-refractivity contribution in [2.45, 2.75) is 32.9 Å². The molecule has 1 unspecified atom stereocenters. The minimum absolute atomic E-state index is 0.181. The van der Waals surface area contributed by atoms with E-state index < -0.39 is 18.0 Å². The first-order valence-corrected chi connectivity index (χ1v) is 5.61. The first-order chi connectivity index (χ1) is 8.45. The molecule has 0 aliphatic heterocycles. The zero-order valence-corrected chi connectivity index (χ0v) is 10.6. The average molecular weight is 255 g/mol. The molecule has 7 nitrogen and oxygen atoms in total. The fraction of sp³-hybridized carbons (Fsp3) is 0.545. The molecule has 18 heavy (non-hydrogen) atoms. The van der Waals surface area contributed by atoms with Crippen LogP contribution in [-0.4, -0.2) is 40.3 Å². The van der Waals surface area contributed by atoms with Crippen LogP contribution in [0.3, 0.4) is 0 Å². The summed E-state index contributed by atoms with van der Waals surface area (Å²) in [6.45, 7) is 3.67. The molecule has 2 N–H and O–H groups in total. The van der Waals surface area contributed by atoms with Gasteiger partial charge in [-0.2, -0.15) is 0 Å². The van der Waals surface area contributed by atoms with Crippen molar-refractivity contribution < 1.29 is 19.2 Å². The van der Waals surface area contributed by atoms with Crippen LogP contribution in [-0.2, 0) is 11.3 Å². The second-order valence-electron chi connectivity index (χ2n) is 3.97. The summed E-state index contributed by atoms with van der Waals surface area (Å²) in [6.07, 6.45) is 0.348. The van der Waals surface area contributed by atoms with Gasteiger partial charge in [0.1, 0.15) is 6.04 Å². The van der Waals surface area contributed by atoms with Gasteiger partial charge in [0.05, 0.1) is 12.2 Å². The van der Waals surface area contributed by atoms with Gasteiger partial charge in [-0.25, -0.2) is 9.59 Å². The van der Waals surface area contributed by atoms with Gasteiger partial charge in [0.15, 0.2) is 5.76 Å². The lowest BCUT2D eigenvalue weighted by atomic mass is 10.2. The van der Waals surface area contributed by atoms with Crippen molar-refractivity contribution in [3.63, 3.8) is 0 Å². The molecule has 7 heteroatoms. The van der Waals surface area contributed by atoms with Crippen LogP contribution in [0.4, 0.5) is 4.79 Å². The van der Waals surface area contributed by atoms with Gasteiger partial charge in [-0.15, -0.1) is 0 Å². The average Bonchev–Trinajstić information content (AvgIpc) is 2.72. The number of rotatable bonds is 5. The number of hydrogen-bond donors (Lipinski definition) is 2. The normalized spacial score (nSPS) is 11.9. The second kappa shape index (κ2) is 6.04. The molecule has 0 radical (unpaired) electrons. The first-order valence-electron chi connectivity index (χ1n) is 5.61. The molecular weight excluding hydrogens is 238 g/mol. The molecule has 0 bridgehead atoms. The van der Waals surface area contributed by atoms with Crippen LogP contribution in [0, 0.1) is 6.92 Å². The largest absolute Gasteiger partial charge is 0.480 e. The van der Waals surface area contributed by atoms with Crippen LogP contribution < -0.4 is 5.32 Å². The van der Waals surface area contributed by atoms with Crippen LogP contribution in [0.15, 0.2) is 10.6 Å². The molecule has 1 heterocycles. The Morgan fingerprint density at radius 1 is 1.61 bits per heavy atom. The van der Waals surface area contributed by atoms with Crippen molar-refractivity contribution in [3.05, 3.63) is 17.5 Å². The summed E-state index contributed by atoms with van der Waals surface area (Å²) in [7, 11) is 1.45. The van der Waals surface area contributed by atoms with Crippen molar-refractivity contribution in [3.8, 4) is 0 Å². The van der Waals surface area contributed by atoms with E-state index in [4.69, 9.17) is 9.63 Å². The zero-order chi connectivity index (χ0) is 13.7. The summed E-state index contributed by atoms with van der Waals surface area (Å²) in [5.74, 6) is -0.497. The number of aryl methyl sites for hydroxylation is 1. The molecule has 0 saturated heterocycles. The molecule has 1 rings (SSSR count). The third-order valence-electron chi connectivity index (χ3n) is 2.55. The molecule has 0 aromatic carbocycles. The van der Waals surface area contributed by atoms with Gasteiger partial charge in [-0.05, 0) is 13.3 Å². The predicted molar refractivity (Wildman–Crippen MR) is 63.0 cm³/mol. The fourth-order valence-corrected chi connectivity index (χ4v) is 1.54. The number of carbonyl (C=O) groups excluding carboxylic acids is 1. The Labute approximate surface area is 105 Å². The predicted octanol–water partition coefficient (Wildman–Crippen LogP) is 0.988. The van der Waals surface area contributed by atoms with E-state index in [0.717, 1.165) is 10.6 Å². The van der Waals surface area contributed by atoms with Gasteiger partial charge in [-0.1, -0.05) is 12.1 Å². The molecular formula is C11H17N3O4. The quantitative estimate of drug-likeness (QED) is 0.817. The number of carboxylic acid groups (broad SMARTS) is 1. The maximum atomic E-state index is 11.7. The van der Waals surface area contributed by atoms with Crippen LogP contribution in [0.2, 0.25) is 0 Å². The van der Waals surface area contributed by atoms with Crippen LogP contribution in [0.5, 0.6) is 0 Å². The summed E-state index contributed by atoms with van der Waals surface area (Å²) in [6, 6.07) is 0.411. The molecule has 1 aromatic heterocycles. The van der Waals surface area contributed by atoms with Crippen molar-refractivity contribution in [2.24, 2.45) is 0 Å². The Hall–Kier alpha value is -2.05. The molecule has 1 atom stereocenters. The Bertz CT molecular complexity index is 430. The summed E-state index contributed by atoms with van der Waals surface area (Å²) in [5.41, 5.74) is 0.726. The molecule has 100 valence electrons. The number of carbonyl (C=O) groups is 2. The summed E-state index contributed by atoms with van der Waals surface area (Å²) in [5, 5.41) is 15.2. The minimum Gasteiger partial charge on any atom is -0.480 e. The molecule has 0 aliphatic rings. The number of amides is 2. The highest BCUT2D eigenvalue weighted by atomic mass is 16.5. The van der Waals surface area contributed by atoms with E-state index in [-0.39, 0.29) is 6.54 Å². The lowest BCUT2D eigenvalue weighted by Crippen LogP contribution is -2.46. The second-order valence-corrected chi connectivity index (χ2v) is 3.97. The number of nitrogens with one attached hydrogen (secondary N) is 1. The molecule has 0 spiro atoms. The maximum absolute atomic E-state index is 11.7. The Morgan fingerprint density at radius 2 is 2.28 bits per heavy atom. The third-order valence-corrected chi connectivity index (χ3v) is 2.55. The van der Waals surface area contributed by atoms with Gasteiger partial charge < -0.3 is 19.8 Å². The fourth-order valence-electron chi connectivity index (χ4n) is 1.54. The Kier molecular flexibility index (Phi) is 4.70. The van der Waals surface area contributed by atoms with E-state index in [0.29, 0.717) is 12.2 Å². The maximum Gasteiger partial charge on any atom is 0.326 e. The number of aromatic nitrogens is 1. The van der Waals surface area contributed by atoms with Gasteiger partial charge in [0.25, 0.3) is 0 Å². The topological polar surface area (TPSA) is 95.7 Å². The van der Waals surface area contributed by atoms with Crippen LogP contribution in [0.25, 0.3) is 0 Å². The smallest absolute Gasteiger partial charge is 0.326 e. The highest BCUT2D eigenvalue weighted by Gasteiger charge is 2.24. The third kappa shape index (κ3) is 3.47. The van der Waals surface area contributed by atoms with Crippen molar-refractivity contribution in [2.75, 3.05) is 7.05 Å². The van der Waals surface area contributed by atoms with Gasteiger partial charge in [0, 0.05) is 13.1 Å². The first kappa shape index (κ1) is 14.0.